The number of amides is 1. The molecule has 3 nitrogen and oxygen atoms in total. The zero-order valence-electron chi connectivity index (χ0n) is 11.5. The molecule has 1 rings (SSSR count). The predicted molar refractivity (Wildman–Crippen MR) is 78.1 cm³/mol. The molecular formula is C14H23ClN2O. The number of aryl methyl sites for hydroxylation is 2. The minimum atomic E-state index is -0.338. The van der Waals surface area contributed by atoms with E-state index in [0.29, 0.717) is 13.0 Å². The summed E-state index contributed by atoms with van der Waals surface area (Å²) in [6.45, 7) is 8.34. The van der Waals surface area contributed by atoms with E-state index >= 15 is 0 Å². The molecule has 0 atom stereocenters. The summed E-state index contributed by atoms with van der Waals surface area (Å²) in [5, 5.41) is 2.94. The van der Waals surface area contributed by atoms with Crippen molar-refractivity contribution in [2.24, 2.45) is 5.73 Å². The lowest BCUT2D eigenvalue weighted by Gasteiger charge is -2.24. The van der Waals surface area contributed by atoms with Crippen molar-refractivity contribution in [3.05, 3.63) is 34.9 Å². The summed E-state index contributed by atoms with van der Waals surface area (Å²) in [5.41, 5.74) is 8.65. The molecule has 1 aromatic carbocycles. The molecule has 0 heterocycles. The maximum absolute atomic E-state index is 11.9. The van der Waals surface area contributed by atoms with Crippen LogP contribution in [-0.2, 0) is 11.2 Å². The quantitative estimate of drug-likeness (QED) is 0.881. The highest BCUT2D eigenvalue weighted by Gasteiger charge is 2.18. The first kappa shape index (κ1) is 16.9. The van der Waals surface area contributed by atoms with Gasteiger partial charge in [0.15, 0.2) is 0 Å². The second kappa shape index (κ2) is 6.76. The number of rotatable bonds is 4. The molecule has 0 unspecified atom stereocenters. The molecule has 0 spiro atoms. The number of carbonyl (C=O) groups is 1. The zero-order chi connectivity index (χ0) is 13.1. The van der Waals surface area contributed by atoms with Crippen molar-refractivity contribution < 1.29 is 4.79 Å². The van der Waals surface area contributed by atoms with Crippen molar-refractivity contribution >= 4 is 18.3 Å². The summed E-state index contributed by atoms with van der Waals surface area (Å²) in [7, 11) is 0. The molecule has 0 aromatic heterocycles. The van der Waals surface area contributed by atoms with E-state index in [1.54, 1.807) is 0 Å². The number of benzene rings is 1. The summed E-state index contributed by atoms with van der Waals surface area (Å²) in [6.07, 6.45) is 0.414. The van der Waals surface area contributed by atoms with Crippen LogP contribution < -0.4 is 11.1 Å². The Bertz CT molecular complexity index is 416. The maximum Gasteiger partial charge on any atom is 0.224 e. The minimum Gasteiger partial charge on any atom is -0.350 e. The Kier molecular flexibility index (Phi) is 6.36. The average molecular weight is 271 g/mol. The van der Waals surface area contributed by atoms with Gasteiger partial charge in [-0.3, -0.25) is 4.79 Å². The van der Waals surface area contributed by atoms with Crippen LogP contribution >= 0.6 is 12.4 Å². The third-order valence-electron chi connectivity index (χ3n) is 2.84. The topological polar surface area (TPSA) is 55.1 Å². The predicted octanol–water partition coefficient (Wildman–Crippen LogP) is 2.12. The molecule has 18 heavy (non-hydrogen) atoms. The van der Waals surface area contributed by atoms with Crippen molar-refractivity contribution in [1.82, 2.24) is 5.32 Å². The van der Waals surface area contributed by atoms with Crippen LogP contribution in [0.1, 0.15) is 30.5 Å². The summed E-state index contributed by atoms with van der Waals surface area (Å²) < 4.78 is 0. The molecule has 0 aliphatic heterocycles. The first-order valence-electron chi connectivity index (χ1n) is 5.91. The van der Waals surface area contributed by atoms with Gasteiger partial charge in [0.1, 0.15) is 0 Å². The van der Waals surface area contributed by atoms with Crippen molar-refractivity contribution in [2.45, 2.75) is 39.7 Å². The van der Waals surface area contributed by atoms with Crippen molar-refractivity contribution in [3.63, 3.8) is 0 Å². The van der Waals surface area contributed by atoms with E-state index in [-0.39, 0.29) is 23.9 Å². The minimum absolute atomic E-state index is 0. The molecule has 0 bridgehead atoms. The Morgan fingerprint density at radius 2 is 1.94 bits per heavy atom. The molecular weight excluding hydrogens is 248 g/mol. The molecule has 102 valence electrons. The van der Waals surface area contributed by atoms with E-state index in [4.69, 9.17) is 5.73 Å². The monoisotopic (exact) mass is 270 g/mol. The third kappa shape index (κ3) is 5.07. The first-order valence-corrected chi connectivity index (χ1v) is 5.91. The molecule has 1 amide bonds. The molecule has 0 radical (unpaired) electrons. The lowest BCUT2D eigenvalue weighted by molar-refractivity contribution is -0.121. The number of carbonyl (C=O) groups excluding carboxylic acids is 1. The lowest BCUT2D eigenvalue weighted by atomic mass is 10.0. The van der Waals surface area contributed by atoms with Crippen LogP contribution in [0.4, 0.5) is 0 Å². The van der Waals surface area contributed by atoms with Gasteiger partial charge in [0.2, 0.25) is 5.91 Å². The van der Waals surface area contributed by atoms with Crippen LogP contribution in [-0.4, -0.2) is 18.0 Å². The molecule has 0 aliphatic rings. The van der Waals surface area contributed by atoms with Crippen LogP contribution in [0.5, 0.6) is 0 Å². The van der Waals surface area contributed by atoms with Crippen LogP contribution in [0.25, 0.3) is 0 Å². The largest absolute Gasteiger partial charge is 0.350 e. The van der Waals surface area contributed by atoms with Gasteiger partial charge in [-0.25, -0.2) is 0 Å². The van der Waals surface area contributed by atoms with Gasteiger partial charge in [-0.2, -0.15) is 0 Å². The number of hydrogen-bond acceptors (Lipinski definition) is 2. The molecule has 0 saturated heterocycles. The van der Waals surface area contributed by atoms with E-state index in [9.17, 15) is 4.79 Å². The summed E-state index contributed by atoms with van der Waals surface area (Å²) in [6, 6.07) is 6.16. The highest BCUT2D eigenvalue weighted by molar-refractivity contribution is 5.85. The Hall–Kier alpha value is -1.06. The average Bonchev–Trinajstić information content (AvgIpc) is 2.23. The zero-order valence-corrected chi connectivity index (χ0v) is 12.4. The van der Waals surface area contributed by atoms with E-state index in [2.05, 4.69) is 17.4 Å². The van der Waals surface area contributed by atoms with E-state index in [1.165, 1.54) is 5.56 Å². The second-order valence-electron chi connectivity index (χ2n) is 5.24. The number of nitrogens with one attached hydrogen (secondary N) is 1. The van der Waals surface area contributed by atoms with Gasteiger partial charge in [-0.15, -0.1) is 12.4 Å². The SMILES string of the molecule is Cc1ccc(C)c(CC(=O)NC(C)(C)CN)c1.Cl. The second-order valence-corrected chi connectivity index (χ2v) is 5.24. The van der Waals surface area contributed by atoms with Crippen molar-refractivity contribution in [1.29, 1.82) is 0 Å². The normalized spacial score (nSPS) is 10.7. The van der Waals surface area contributed by atoms with Crippen LogP contribution in [0.3, 0.4) is 0 Å². The third-order valence-corrected chi connectivity index (χ3v) is 2.84. The first-order chi connectivity index (χ1) is 7.84. The highest BCUT2D eigenvalue weighted by Crippen LogP contribution is 2.12. The van der Waals surface area contributed by atoms with Gasteiger partial charge in [-0.1, -0.05) is 23.8 Å². The standard InChI is InChI=1S/C14H22N2O.ClH/c1-10-5-6-11(2)12(7-10)8-13(17)16-14(3,4)9-15;/h5-7H,8-9,15H2,1-4H3,(H,16,17);1H. The number of nitrogens with two attached hydrogens (primary N) is 1. The van der Waals surface area contributed by atoms with Gasteiger partial charge in [-0.05, 0) is 38.8 Å². The number of halogens is 1. The van der Waals surface area contributed by atoms with E-state index in [0.717, 1.165) is 11.1 Å². The molecule has 0 aliphatic carbocycles. The molecule has 1 aromatic rings. The molecule has 0 saturated carbocycles. The molecule has 4 heteroatoms. The fourth-order valence-corrected chi connectivity index (χ4v) is 1.64. The fraction of sp³-hybridized carbons (Fsp3) is 0.500. The smallest absolute Gasteiger partial charge is 0.224 e. The highest BCUT2D eigenvalue weighted by atomic mass is 35.5. The summed E-state index contributed by atoms with van der Waals surface area (Å²) in [4.78, 5) is 11.9. The summed E-state index contributed by atoms with van der Waals surface area (Å²) in [5.74, 6) is 0.0224. The van der Waals surface area contributed by atoms with Gasteiger partial charge >= 0.3 is 0 Å². The fourth-order valence-electron chi connectivity index (χ4n) is 1.64. The van der Waals surface area contributed by atoms with Crippen molar-refractivity contribution in [2.75, 3.05) is 6.54 Å². The van der Waals surface area contributed by atoms with E-state index < -0.39 is 0 Å². The van der Waals surface area contributed by atoms with Crippen molar-refractivity contribution in [3.8, 4) is 0 Å². The van der Waals surface area contributed by atoms with Crippen LogP contribution in [0.2, 0.25) is 0 Å². The Morgan fingerprint density at radius 1 is 1.33 bits per heavy atom. The maximum atomic E-state index is 11.9. The van der Waals surface area contributed by atoms with Crippen LogP contribution in [0.15, 0.2) is 18.2 Å². The van der Waals surface area contributed by atoms with E-state index in [1.807, 2.05) is 33.8 Å². The number of hydrogen-bond donors (Lipinski definition) is 2. The van der Waals surface area contributed by atoms with Crippen LogP contribution in [0, 0.1) is 13.8 Å². The van der Waals surface area contributed by atoms with Gasteiger partial charge in [0.25, 0.3) is 0 Å². The molecule has 3 N–H and O–H groups in total. The molecule has 0 fully saturated rings. The van der Waals surface area contributed by atoms with Gasteiger partial charge < -0.3 is 11.1 Å². The summed E-state index contributed by atoms with van der Waals surface area (Å²) >= 11 is 0. The Morgan fingerprint density at radius 3 is 2.50 bits per heavy atom. The lowest BCUT2D eigenvalue weighted by Crippen LogP contribution is -2.49. The van der Waals surface area contributed by atoms with Gasteiger partial charge in [0, 0.05) is 12.1 Å². The Balaban J connectivity index is 0.00000289. The van der Waals surface area contributed by atoms with Gasteiger partial charge in [0.05, 0.1) is 6.42 Å². The Labute approximate surface area is 116 Å².